The van der Waals surface area contributed by atoms with Crippen molar-refractivity contribution in [3.63, 3.8) is 0 Å². The highest BCUT2D eigenvalue weighted by atomic mass is 32.2. The van der Waals surface area contributed by atoms with Crippen molar-refractivity contribution in [2.45, 2.75) is 10.9 Å². The number of nitrogens with two attached hydrogens (primary N) is 1. The predicted octanol–water partition coefficient (Wildman–Crippen LogP) is 3.37. The fraction of sp³-hybridized carbons (Fsp3) is 0.100. The molecule has 29 heavy (non-hydrogen) atoms. The molecule has 9 heteroatoms. The van der Waals surface area contributed by atoms with Crippen molar-refractivity contribution in [1.29, 1.82) is 0 Å². The number of nitrogens with one attached hydrogen (secondary N) is 1. The second-order valence-electron chi connectivity index (χ2n) is 6.20. The lowest BCUT2D eigenvalue weighted by Crippen LogP contribution is -2.19. The molecular formula is C20H18N6OS2. The van der Waals surface area contributed by atoms with Gasteiger partial charge in [0.1, 0.15) is 0 Å². The first kappa shape index (κ1) is 19.2. The molecule has 2 aromatic heterocycles. The summed E-state index contributed by atoms with van der Waals surface area (Å²) in [5, 5.41) is 13.2. The maximum atomic E-state index is 12.0. The summed E-state index contributed by atoms with van der Waals surface area (Å²) in [7, 11) is 0. The van der Waals surface area contributed by atoms with Crippen LogP contribution in [-0.2, 0) is 11.3 Å². The lowest BCUT2D eigenvalue weighted by atomic mass is 10.2. The Morgan fingerprint density at radius 1 is 1.17 bits per heavy atom. The van der Waals surface area contributed by atoms with E-state index in [1.165, 1.54) is 28.7 Å². The van der Waals surface area contributed by atoms with Crippen LogP contribution < -0.4 is 11.2 Å². The van der Waals surface area contributed by atoms with E-state index in [0.29, 0.717) is 9.47 Å². The van der Waals surface area contributed by atoms with Crippen LogP contribution in [0, 0.1) is 0 Å². The van der Waals surface area contributed by atoms with Crippen LogP contribution >= 0.6 is 23.1 Å². The molecule has 0 aliphatic heterocycles. The van der Waals surface area contributed by atoms with Crippen LogP contribution in [0.5, 0.6) is 0 Å². The van der Waals surface area contributed by atoms with Gasteiger partial charge in [-0.05, 0) is 11.6 Å². The van der Waals surface area contributed by atoms with Gasteiger partial charge < -0.3 is 10.3 Å². The number of hydrazone groups is 1. The summed E-state index contributed by atoms with van der Waals surface area (Å²) in [6, 6.07) is 18.4. The van der Waals surface area contributed by atoms with Crippen molar-refractivity contribution in [3.05, 3.63) is 71.9 Å². The van der Waals surface area contributed by atoms with E-state index >= 15 is 0 Å². The highest BCUT2D eigenvalue weighted by Crippen LogP contribution is 2.23. The molecule has 0 aliphatic rings. The van der Waals surface area contributed by atoms with Crippen LogP contribution in [0.2, 0.25) is 0 Å². The molecule has 0 saturated carbocycles. The summed E-state index contributed by atoms with van der Waals surface area (Å²) >= 11 is 2.53. The summed E-state index contributed by atoms with van der Waals surface area (Å²) in [5.74, 6) is -0.0186. The van der Waals surface area contributed by atoms with E-state index in [9.17, 15) is 4.79 Å². The first-order chi connectivity index (χ1) is 14.2. The number of hydrogen-bond donors (Lipinski definition) is 2. The number of amides is 1. The normalized spacial score (nSPS) is 11.3. The second-order valence-corrected chi connectivity index (χ2v) is 8.43. The van der Waals surface area contributed by atoms with Crippen LogP contribution in [0.25, 0.3) is 10.9 Å². The number of carbonyl (C=O) groups is 1. The Balaban J connectivity index is 1.44. The summed E-state index contributed by atoms with van der Waals surface area (Å²) < 4.78 is 2.84. The molecule has 0 saturated heterocycles. The van der Waals surface area contributed by atoms with E-state index in [1.54, 1.807) is 6.21 Å². The van der Waals surface area contributed by atoms with E-state index in [2.05, 4.69) is 49.6 Å². The number of rotatable bonds is 7. The molecule has 3 N–H and O–H groups in total. The fourth-order valence-electron chi connectivity index (χ4n) is 2.90. The number of carbonyl (C=O) groups excluding carboxylic acids is 1. The average molecular weight is 423 g/mol. The Kier molecular flexibility index (Phi) is 5.87. The van der Waals surface area contributed by atoms with E-state index in [1.807, 2.05) is 36.5 Å². The van der Waals surface area contributed by atoms with E-state index in [4.69, 9.17) is 5.73 Å². The third-order valence-electron chi connectivity index (χ3n) is 4.16. The van der Waals surface area contributed by atoms with E-state index in [0.717, 1.165) is 23.0 Å². The van der Waals surface area contributed by atoms with Gasteiger partial charge >= 0.3 is 0 Å². The minimum absolute atomic E-state index is 0.196. The predicted molar refractivity (Wildman–Crippen MR) is 118 cm³/mol. The van der Waals surface area contributed by atoms with Gasteiger partial charge in [0.05, 0.1) is 12.0 Å². The maximum absolute atomic E-state index is 12.0. The van der Waals surface area contributed by atoms with Gasteiger partial charge in [-0.1, -0.05) is 71.6 Å². The molecular weight excluding hydrogens is 404 g/mol. The van der Waals surface area contributed by atoms with E-state index in [-0.39, 0.29) is 11.7 Å². The second kappa shape index (κ2) is 8.89. The lowest BCUT2D eigenvalue weighted by Gasteiger charge is -2.05. The third kappa shape index (κ3) is 4.82. The summed E-state index contributed by atoms with van der Waals surface area (Å²) in [5.41, 5.74) is 11.4. The molecule has 2 aromatic carbocycles. The molecule has 0 unspecified atom stereocenters. The zero-order valence-corrected chi connectivity index (χ0v) is 17.0. The van der Waals surface area contributed by atoms with Crippen LogP contribution in [0.15, 0.2) is 70.2 Å². The Morgan fingerprint density at radius 2 is 1.97 bits per heavy atom. The van der Waals surface area contributed by atoms with E-state index < -0.39 is 0 Å². The van der Waals surface area contributed by atoms with Crippen molar-refractivity contribution in [3.8, 4) is 0 Å². The van der Waals surface area contributed by atoms with Crippen molar-refractivity contribution >= 4 is 51.3 Å². The standard InChI is InChI=1S/C20H18N6OS2/c21-19-24-25-20(29-19)28-13-18(27)23-22-10-15-12-26(11-14-6-2-1-3-7-14)17-9-5-4-8-16(15)17/h1-10,12H,11,13H2,(H2,21,24)(H,23,27). The van der Waals surface area contributed by atoms with Gasteiger partial charge in [-0.25, -0.2) is 5.43 Å². The number of hydrogen-bond acceptors (Lipinski definition) is 7. The molecule has 2 heterocycles. The van der Waals surface area contributed by atoms with Crippen LogP contribution in [0.1, 0.15) is 11.1 Å². The molecule has 4 rings (SSSR count). The van der Waals surface area contributed by atoms with Crippen molar-refractivity contribution < 1.29 is 4.79 Å². The van der Waals surface area contributed by atoms with Gasteiger partial charge in [0.15, 0.2) is 4.34 Å². The van der Waals surface area contributed by atoms with Crippen molar-refractivity contribution in [1.82, 2.24) is 20.2 Å². The van der Waals surface area contributed by atoms with Crippen LogP contribution in [-0.4, -0.2) is 32.6 Å². The first-order valence-electron chi connectivity index (χ1n) is 8.84. The van der Waals surface area contributed by atoms with Gasteiger partial charge in [0, 0.05) is 29.2 Å². The van der Waals surface area contributed by atoms with Gasteiger partial charge in [0.25, 0.3) is 5.91 Å². The Morgan fingerprint density at radius 3 is 2.76 bits per heavy atom. The minimum Gasteiger partial charge on any atom is -0.374 e. The number of fused-ring (bicyclic) bond motifs is 1. The molecule has 0 radical (unpaired) electrons. The Labute approximate surface area is 175 Å². The Hall–Kier alpha value is -3.17. The fourth-order valence-corrected chi connectivity index (χ4v) is 4.33. The number of thioether (sulfide) groups is 1. The largest absolute Gasteiger partial charge is 0.374 e. The number of anilines is 1. The molecule has 7 nitrogen and oxygen atoms in total. The number of para-hydroxylation sites is 1. The maximum Gasteiger partial charge on any atom is 0.250 e. The minimum atomic E-state index is -0.215. The van der Waals surface area contributed by atoms with Crippen LogP contribution in [0.3, 0.4) is 0 Å². The monoisotopic (exact) mass is 422 g/mol. The highest BCUT2D eigenvalue weighted by Gasteiger charge is 2.08. The molecule has 0 atom stereocenters. The van der Waals surface area contributed by atoms with Gasteiger partial charge in [-0.3, -0.25) is 4.79 Å². The number of benzene rings is 2. The molecule has 0 fully saturated rings. The smallest absolute Gasteiger partial charge is 0.250 e. The van der Waals surface area contributed by atoms with Gasteiger partial charge in [-0.2, -0.15) is 5.10 Å². The van der Waals surface area contributed by atoms with Crippen molar-refractivity contribution in [2.24, 2.45) is 5.10 Å². The molecule has 146 valence electrons. The summed E-state index contributed by atoms with van der Waals surface area (Å²) in [6.07, 6.45) is 3.72. The third-order valence-corrected chi connectivity index (χ3v) is 6.04. The van der Waals surface area contributed by atoms with Crippen LogP contribution in [0.4, 0.5) is 5.13 Å². The zero-order chi connectivity index (χ0) is 20.1. The SMILES string of the molecule is Nc1nnc(SCC(=O)NN=Cc2cn(Cc3ccccc3)c3ccccc23)s1. The number of nitrogen functional groups attached to an aromatic ring is 1. The topological polar surface area (TPSA) is 98.2 Å². The lowest BCUT2D eigenvalue weighted by molar-refractivity contribution is -0.118. The Bertz CT molecular complexity index is 1150. The first-order valence-corrected chi connectivity index (χ1v) is 10.6. The molecule has 0 spiro atoms. The highest BCUT2D eigenvalue weighted by molar-refractivity contribution is 8.01. The molecule has 1 amide bonds. The van der Waals surface area contributed by atoms with Gasteiger partial charge in [0.2, 0.25) is 5.13 Å². The average Bonchev–Trinajstić information content (AvgIpc) is 3.31. The molecule has 0 aliphatic carbocycles. The van der Waals surface area contributed by atoms with Crippen molar-refractivity contribution in [2.75, 3.05) is 11.5 Å². The molecule has 4 aromatic rings. The molecule has 0 bridgehead atoms. The summed E-state index contributed by atoms with van der Waals surface area (Å²) in [6.45, 7) is 0.767. The number of aromatic nitrogens is 3. The number of nitrogens with zero attached hydrogens (tertiary/aromatic N) is 4. The quantitative estimate of drug-likeness (QED) is 0.270. The van der Waals surface area contributed by atoms with Gasteiger partial charge in [-0.15, -0.1) is 10.2 Å². The zero-order valence-electron chi connectivity index (χ0n) is 15.4. The summed E-state index contributed by atoms with van der Waals surface area (Å²) in [4.78, 5) is 12.0.